The fourth-order valence-corrected chi connectivity index (χ4v) is 15.3. The van der Waals surface area contributed by atoms with Crippen molar-refractivity contribution in [1.29, 1.82) is 0 Å². The highest BCUT2D eigenvalue weighted by atomic mass is 32.1. The average molecular weight is 1160 g/mol. The highest BCUT2D eigenvalue weighted by Gasteiger charge is 2.50. The summed E-state index contributed by atoms with van der Waals surface area (Å²) in [7, 11) is 0. The van der Waals surface area contributed by atoms with Gasteiger partial charge in [-0.2, -0.15) is 0 Å². The lowest BCUT2D eigenvalue weighted by molar-refractivity contribution is 0.589. The van der Waals surface area contributed by atoms with E-state index >= 15 is 0 Å². The van der Waals surface area contributed by atoms with E-state index in [2.05, 4.69) is 323 Å². The Morgan fingerprint density at radius 3 is 1.34 bits per heavy atom. The van der Waals surface area contributed by atoms with Gasteiger partial charge in [-0.3, -0.25) is 0 Å². The van der Waals surface area contributed by atoms with Crippen LogP contribution in [0.2, 0.25) is 0 Å². The zero-order chi connectivity index (χ0) is 60.8. The van der Waals surface area contributed by atoms with Crippen molar-refractivity contribution in [3.8, 4) is 11.1 Å². The summed E-state index contributed by atoms with van der Waals surface area (Å²) in [5.41, 5.74) is 20.8. The monoisotopic (exact) mass is 1160 g/mol. The van der Waals surface area contributed by atoms with Crippen molar-refractivity contribution >= 4 is 110 Å². The molecule has 0 saturated carbocycles. The Balaban J connectivity index is 1.17. The Morgan fingerprint density at radius 1 is 0.330 bits per heavy atom. The first-order valence-electron chi connectivity index (χ1n) is 31.1. The molecule has 3 aromatic heterocycles. The van der Waals surface area contributed by atoms with Gasteiger partial charge in [0, 0.05) is 75.6 Å². The number of hydrogen-bond donors (Lipinski definition) is 0. The Bertz CT molecular complexity index is 5040. The van der Waals surface area contributed by atoms with Crippen LogP contribution < -0.4 is 9.80 Å². The Labute approximate surface area is 521 Å². The van der Waals surface area contributed by atoms with Gasteiger partial charge in [0.15, 0.2) is 5.58 Å². The van der Waals surface area contributed by atoms with Gasteiger partial charge < -0.3 is 18.6 Å². The van der Waals surface area contributed by atoms with E-state index in [1.165, 1.54) is 70.2 Å². The van der Waals surface area contributed by atoms with Crippen molar-refractivity contribution in [3.05, 3.63) is 275 Å². The molecule has 0 fully saturated rings. The Hall–Kier alpha value is -9.16. The highest BCUT2D eigenvalue weighted by Crippen LogP contribution is 2.65. The molecule has 0 saturated heterocycles. The smallest absolute Gasteiger partial charge is 0.160 e. The van der Waals surface area contributed by atoms with Crippen molar-refractivity contribution in [2.75, 3.05) is 9.80 Å². The lowest BCUT2D eigenvalue weighted by atomic mass is 9.66. The molecule has 0 bridgehead atoms. The molecule has 1 unspecified atom stereocenters. The number of thiophene rings is 1. The lowest BCUT2D eigenvalue weighted by Gasteiger charge is -2.36. The van der Waals surface area contributed by atoms with Crippen LogP contribution in [0, 0.1) is 0 Å². The van der Waals surface area contributed by atoms with Gasteiger partial charge in [0.05, 0.1) is 16.8 Å². The number of anilines is 6. The molecule has 0 radical (unpaired) electrons. The molecule has 1 atom stereocenters. The van der Waals surface area contributed by atoms with E-state index in [1.54, 1.807) is 0 Å². The first-order chi connectivity index (χ1) is 42.2. The maximum absolute atomic E-state index is 7.52. The first kappa shape index (κ1) is 55.4. The standard InChI is InChI=1S/C83H74N2O2S/c1-79(2,3)51-31-33-54(34-32-51)83(56-40-46-71-64(48-56)63-47-55(82(10,11)12)39-45-70(63)86-71)65-50-68(85(58-25-17-14-18-26-58)60-43-37-53(38-44-60)81(7,8)9)77-74(61-27-19-21-29-69(61)87-77)75(65)76-66(83)49-67(73-62-28-20-22-30-72(62)88-78(73)76)84(57-23-15-13-16-24-57)59-41-35-52(36-42-59)80(4,5)6/h13-50H,1-12H3. The zero-order valence-corrected chi connectivity index (χ0v) is 53.4. The summed E-state index contributed by atoms with van der Waals surface area (Å²) in [4.78, 5) is 4.96. The molecule has 11 aromatic carbocycles. The molecule has 0 aliphatic heterocycles. The van der Waals surface area contributed by atoms with Gasteiger partial charge in [-0.25, -0.2) is 0 Å². The Kier molecular flexibility index (Phi) is 12.6. The molecular formula is C83H74N2O2S. The molecule has 14 aromatic rings. The van der Waals surface area contributed by atoms with Crippen molar-refractivity contribution < 1.29 is 8.83 Å². The predicted octanol–water partition coefficient (Wildman–Crippen LogP) is 24.3. The SMILES string of the molecule is CC(C)(C)c1ccc(N(c2ccccc2)c2cc3c(c4c2oc2ccccc24)-c2c(cc(N(c4ccccc4)c4ccc(C(C)(C)C)cc4)c4c2sc2ccccc24)C3(c2ccc(C(C)(C)C)cc2)c2ccc3oc4ccc(C(C)(C)C)cc4c3c2)cc1. The number of para-hydroxylation sites is 3. The summed E-state index contributed by atoms with van der Waals surface area (Å²) < 4.78 is 16.9. The third-order valence-electron chi connectivity index (χ3n) is 18.8. The van der Waals surface area contributed by atoms with Gasteiger partial charge in [-0.05, 0) is 163 Å². The topological polar surface area (TPSA) is 32.8 Å². The van der Waals surface area contributed by atoms with Crippen LogP contribution in [0.5, 0.6) is 0 Å². The molecule has 15 rings (SSSR count). The van der Waals surface area contributed by atoms with Crippen LogP contribution in [-0.2, 0) is 27.1 Å². The largest absolute Gasteiger partial charge is 0.456 e. The number of furan rings is 2. The summed E-state index contributed by atoms with van der Waals surface area (Å²) >= 11 is 1.91. The van der Waals surface area contributed by atoms with Crippen LogP contribution in [0.3, 0.4) is 0 Å². The lowest BCUT2D eigenvalue weighted by Crippen LogP contribution is -2.29. The summed E-state index contributed by atoms with van der Waals surface area (Å²) in [6.45, 7) is 27.6. The highest BCUT2D eigenvalue weighted by molar-refractivity contribution is 7.26. The van der Waals surface area contributed by atoms with Crippen LogP contribution in [0.1, 0.15) is 128 Å². The molecule has 0 amide bonds. The van der Waals surface area contributed by atoms with E-state index < -0.39 is 5.41 Å². The van der Waals surface area contributed by atoms with Crippen molar-refractivity contribution in [1.82, 2.24) is 0 Å². The van der Waals surface area contributed by atoms with Crippen LogP contribution in [0.4, 0.5) is 34.1 Å². The minimum Gasteiger partial charge on any atom is -0.456 e. The van der Waals surface area contributed by atoms with Crippen molar-refractivity contribution in [2.45, 2.75) is 110 Å². The molecule has 5 heteroatoms. The molecule has 4 nitrogen and oxygen atoms in total. The van der Waals surface area contributed by atoms with Gasteiger partial charge in [0.25, 0.3) is 0 Å². The van der Waals surface area contributed by atoms with E-state index in [9.17, 15) is 0 Å². The van der Waals surface area contributed by atoms with Crippen molar-refractivity contribution in [2.24, 2.45) is 0 Å². The van der Waals surface area contributed by atoms with Gasteiger partial charge in [0.1, 0.15) is 16.7 Å². The van der Waals surface area contributed by atoms with E-state index in [1.807, 2.05) is 11.3 Å². The van der Waals surface area contributed by atoms with E-state index in [4.69, 9.17) is 8.83 Å². The van der Waals surface area contributed by atoms with Crippen LogP contribution >= 0.6 is 11.3 Å². The van der Waals surface area contributed by atoms with Crippen LogP contribution in [0.25, 0.3) is 75.2 Å². The second kappa shape index (κ2) is 19.9. The third-order valence-corrected chi connectivity index (χ3v) is 19.9. The predicted molar refractivity (Wildman–Crippen MR) is 375 cm³/mol. The molecule has 434 valence electrons. The van der Waals surface area contributed by atoms with E-state index in [0.717, 1.165) is 83.6 Å². The molecule has 3 heterocycles. The van der Waals surface area contributed by atoms with Crippen LogP contribution in [0.15, 0.2) is 239 Å². The Morgan fingerprint density at radius 2 is 0.761 bits per heavy atom. The number of fused-ring (bicyclic) bond motifs is 14. The summed E-state index contributed by atoms with van der Waals surface area (Å²) in [6, 6.07) is 86.8. The minimum absolute atomic E-state index is 0.0302. The summed E-state index contributed by atoms with van der Waals surface area (Å²) in [6.07, 6.45) is 0. The molecule has 0 N–H and O–H groups in total. The molecular weight excluding hydrogens is 1090 g/mol. The number of hydrogen-bond acceptors (Lipinski definition) is 5. The zero-order valence-electron chi connectivity index (χ0n) is 52.6. The number of nitrogens with zero attached hydrogens (tertiary/aromatic N) is 2. The third kappa shape index (κ3) is 8.74. The minimum atomic E-state index is -0.960. The fourth-order valence-electron chi connectivity index (χ4n) is 14.1. The molecule has 88 heavy (non-hydrogen) atoms. The van der Waals surface area contributed by atoms with Gasteiger partial charge in [0.2, 0.25) is 0 Å². The summed E-state index contributed by atoms with van der Waals surface area (Å²) in [5, 5.41) is 6.81. The maximum Gasteiger partial charge on any atom is 0.160 e. The van der Waals surface area contributed by atoms with E-state index in [0.29, 0.717) is 0 Å². The first-order valence-corrected chi connectivity index (χ1v) is 32.0. The summed E-state index contributed by atoms with van der Waals surface area (Å²) in [5.74, 6) is 0. The quantitative estimate of drug-likeness (QED) is 0.152. The normalized spacial score (nSPS) is 14.6. The molecule has 0 spiro atoms. The number of rotatable bonds is 8. The average Bonchev–Trinajstić information content (AvgIpc) is 1.50. The second-order valence-electron chi connectivity index (χ2n) is 28.5. The number of benzene rings is 11. The molecule has 1 aliphatic carbocycles. The maximum atomic E-state index is 7.52. The van der Waals surface area contributed by atoms with Gasteiger partial charge >= 0.3 is 0 Å². The fraction of sp³-hybridized carbons (Fsp3) is 0.205. The van der Waals surface area contributed by atoms with Crippen molar-refractivity contribution in [3.63, 3.8) is 0 Å². The van der Waals surface area contributed by atoms with Gasteiger partial charge in [-0.1, -0.05) is 217 Å². The van der Waals surface area contributed by atoms with Gasteiger partial charge in [-0.15, -0.1) is 11.3 Å². The van der Waals surface area contributed by atoms with Crippen LogP contribution in [-0.4, -0.2) is 0 Å². The molecule has 1 aliphatic rings. The van der Waals surface area contributed by atoms with E-state index in [-0.39, 0.29) is 21.7 Å². The second-order valence-corrected chi connectivity index (χ2v) is 29.6.